The molecule has 8 heteroatoms. The van der Waals surface area contributed by atoms with Gasteiger partial charge in [-0.25, -0.2) is 17.9 Å². The van der Waals surface area contributed by atoms with E-state index in [1.165, 1.54) is 0 Å². The van der Waals surface area contributed by atoms with Crippen molar-refractivity contribution >= 4 is 27.5 Å². The van der Waals surface area contributed by atoms with Crippen molar-refractivity contribution < 1.29 is 17.6 Å². The molecule has 0 bridgehead atoms. The van der Waals surface area contributed by atoms with Gasteiger partial charge in [0.1, 0.15) is 4.90 Å². The van der Waals surface area contributed by atoms with Crippen LogP contribution in [0.4, 0.5) is 4.39 Å². The average Bonchev–Trinajstić information content (AvgIpc) is 3.06. The molecule has 1 aromatic rings. The summed E-state index contributed by atoms with van der Waals surface area (Å²) in [6.45, 7) is 2.40. The Balaban J connectivity index is 2.31. The first kappa shape index (κ1) is 15.2. The van der Waals surface area contributed by atoms with E-state index in [1.807, 2.05) is 6.92 Å². The molecule has 1 aromatic carbocycles. The molecule has 0 heterocycles. The zero-order chi connectivity index (χ0) is 15.1. The number of hydrogen-bond donors (Lipinski definition) is 2. The molecule has 0 atom stereocenters. The fourth-order valence-electron chi connectivity index (χ4n) is 1.72. The molecule has 0 aliphatic heterocycles. The van der Waals surface area contributed by atoms with Crippen molar-refractivity contribution in [3.8, 4) is 0 Å². The minimum absolute atomic E-state index is 0.0491. The van der Waals surface area contributed by atoms with Gasteiger partial charge in [0.05, 0.1) is 5.56 Å². The van der Waals surface area contributed by atoms with E-state index in [4.69, 9.17) is 16.7 Å². The number of carbonyl (C=O) groups excluding carboxylic acids is 1. The third-order valence-electron chi connectivity index (χ3n) is 3.33. The Morgan fingerprint density at radius 1 is 1.50 bits per heavy atom. The molecule has 110 valence electrons. The Bertz CT molecular complexity index is 672. The van der Waals surface area contributed by atoms with E-state index in [2.05, 4.69) is 5.32 Å². The molecule has 1 aliphatic carbocycles. The second kappa shape index (κ2) is 4.98. The highest BCUT2D eigenvalue weighted by Gasteiger charge is 2.37. The van der Waals surface area contributed by atoms with E-state index in [0.717, 1.165) is 25.0 Å². The van der Waals surface area contributed by atoms with Crippen molar-refractivity contribution in [1.82, 2.24) is 5.32 Å². The third kappa shape index (κ3) is 3.28. The molecule has 0 spiro atoms. The summed E-state index contributed by atoms with van der Waals surface area (Å²) in [5.74, 6) is -1.89. The number of primary sulfonamides is 1. The van der Waals surface area contributed by atoms with Crippen molar-refractivity contribution in [2.75, 3.05) is 6.54 Å². The zero-order valence-corrected chi connectivity index (χ0v) is 12.3. The Morgan fingerprint density at radius 2 is 2.10 bits per heavy atom. The number of benzene rings is 1. The normalized spacial score (nSPS) is 16.8. The van der Waals surface area contributed by atoms with Crippen LogP contribution in [0.15, 0.2) is 17.0 Å². The lowest BCUT2D eigenvalue weighted by Gasteiger charge is -2.12. The highest BCUT2D eigenvalue weighted by molar-refractivity contribution is 7.89. The number of nitrogens with two attached hydrogens (primary N) is 1. The van der Waals surface area contributed by atoms with Gasteiger partial charge in [0.15, 0.2) is 5.82 Å². The monoisotopic (exact) mass is 320 g/mol. The molecule has 5 nitrogen and oxygen atoms in total. The third-order valence-corrected chi connectivity index (χ3v) is 4.46. The van der Waals surface area contributed by atoms with Crippen LogP contribution >= 0.6 is 11.6 Å². The maximum absolute atomic E-state index is 14.1. The maximum Gasteiger partial charge on any atom is 0.254 e. The van der Waals surface area contributed by atoms with Gasteiger partial charge in [0.2, 0.25) is 10.0 Å². The summed E-state index contributed by atoms with van der Waals surface area (Å²) in [5.41, 5.74) is -0.376. The summed E-state index contributed by atoms with van der Waals surface area (Å²) < 4.78 is 36.6. The number of sulfonamides is 1. The summed E-state index contributed by atoms with van der Waals surface area (Å²) >= 11 is 5.71. The Kier molecular flexibility index (Phi) is 3.79. The quantitative estimate of drug-likeness (QED) is 0.884. The fourth-order valence-corrected chi connectivity index (χ4v) is 2.65. The highest BCUT2D eigenvalue weighted by atomic mass is 35.5. The van der Waals surface area contributed by atoms with Gasteiger partial charge in [0, 0.05) is 11.6 Å². The van der Waals surface area contributed by atoms with Gasteiger partial charge < -0.3 is 5.32 Å². The molecule has 1 saturated carbocycles. The van der Waals surface area contributed by atoms with Crippen LogP contribution in [-0.2, 0) is 10.0 Å². The Labute approximate surface area is 121 Å². The number of nitrogens with one attached hydrogen (secondary N) is 1. The summed E-state index contributed by atoms with van der Waals surface area (Å²) in [4.78, 5) is 11.1. The molecule has 0 aromatic heterocycles. The van der Waals surface area contributed by atoms with Gasteiger partial charge in [-0.05, 0) is 30.4 Å². The lowest BCUT2D eigenvalue weighted by Crippen LogP contribution is -2.30. The molecule has 0 saturated heterocycles. The first-order valence-corrected chi connectivity index (χ1v) is 7.85. The molecule has 1 aliphatic rings. The predicted octanol–water partition coefficient (Wildman–Crippen LogP) is 1.66. The minimum atomic E-state index is -4.28. The van der Waals surface area contributed by atoms with Gasteiger partial charge in [-0.3, -0.25) is 4.79 Å². The maximum atomic E-state index is 14.1. The van der Waals surface area contributed by atoms with Crippen LogP contribution in [-0.4, -0.2) is 20.9 Å². The van der Waals surface area contributed by atoms with Crippen molar-refractivity contribution in [2.45, 2.75) is 24.7 Å². The second-order valence-corrected chi connectivity index (χ2v) is 7.27. The lowest BCUT2D eigenvalue weighted by atomic mass is 10.1. The van der Waals surface area contributed by atoms with Crippen molar-refractivity contribution in [2.24, 2.45) is 10.6 Å². The van der Waals surface area contributed by atoms with Crippen LogP contribution < -0.4 is 10.5 Å². The van der Waals surface area contributed by atoms with E-state index in [0.29, 0.717) is 6.54 Å². The van der Waals surface area contributed by atoms with Crippen LogP contribution in [0.5, 0.6) is 0 Å². The van der Waals surface area contributed by atoms with Crippen molar-refractivity contribution in [1.29, 1.82) is 0 Å². The highest BCUT2D eigenvalue weighted by Crippen LogP contribution is 2.44. The molecule has 1 amide bonds. The summed E-state index contributed by atoms with van der Waals surface area (Å²) in [6.07, 6.45) is 1.99. The van der Waals surface area contributed by atoms with Crippen LogP contribution in [0, 0.1) is 11.2 Å². The lowest BCUT2D eigenvalue weighted by molar-refractivity contribution is 0.0941. The van der Waals surface area contributed by atoms with Crippen molar-refractivity contribution in [3.05, 3.63) is 28.5 Å². The predicted molar refractivity (Wildman–Crippen MR) is 72.5 cm³/mol. The van der Waals surface area contributed by atoms with Crippen LogP contribution in [0.2, 0.25) is 5.02 Å². The average molecular weight is 321 g/mol. The summed E-state index contributed by atoms with van der Waals surface area (Å²) in [5, 5.41) is 7.39. The standard InChI is InChI=1S/C12H14ClFN2O3S/c1-12(2-3-12)6-16-11(17)8-4-7(13)5-9(10(8)14)20(15,18)19/h4-5H,2-3,6H2,1H3,(H,16,17)(H2,15,18,19). The summed E-state index contributed by atoms with van der Waals surface area (Å²) in [6, 6.07) is 1.96. The van der Waals surface area contributed by atoms with Crippen LogP contribution in [0.1, 0.15) is 30.1 Å². The first-order valence-electron chi connectivity index (χ1n) is 5.92. The fraction of sp³-hybridized carbons (Fsp3) is 0.417. The van der Waals surface area contributed by atoms with Gasteiger partial charge in [-0.15, -0.1) is 0 Å². The van der Waals surface area contributed by atoms with E-state index >= 15 is 0 Å². The van der Waals surface area contributed by atoms with E-state index in [9.17, 15) is 17.6 Å². The van der Waals surface area contributed by atoms with E-state index in [-0.39, 0.29) is 10.4 Å². The molecule has 0 radical (unpaired) electrons. The first-order chi connectivity index (χ1) is 9.12. The summed E-state index contributed by atoms with van der Waals surface area (Å²) in [7, 11) is -4.28. The van der Waals surface area contributed by atoms with E-state index in [1.54, 1.807) is 0 Å². The molecule has 1 fully saturated rings. The second-order valence-electron chi connectivity index (χ2n) is 5.30. The topological polar surface area (TPSA) is 89.3 Å². The van der Waals surface area contributed by atoms with Gasteiger partial charge >= 0.3 is 0 Å². The molecule has 0 unspecified atom stereocenters. The largest absolute Gasteiger partial charge is 0.351 e. The van der Waals surface area contributed by atoms with E-state index < -0.39 is 32.2 Å². The number of halogens is 2. The number of amides is 1. The Morgan fingerprint density at radius 3 is 2.60 bits per heavy atom. The van der Waals surface area contributed by atoms with Gasteiger partial charge in [-0.2, -0.15) is 0 Å². The molecule has 3 N–H and O–H groups in total. The number of rotatable bonds is 4. The molecule has 20 heavy (non-hydrogen) atoms. The zero-order valence-electron chi connectivity index (χ0n) is 10.7. The van der Waals surface area contributed by atoms with Gasteiger partial charge in [0.25, 0.3) is 5.91 Å². The number of hydrogen-bond acceptors (Lipinski definition) is 3. The van der Waals surface area contributed by atoms with Gasteiger partial charge in [-0.1, -0.05) is 18.5 Å². The van der Waals surface area contributed by atoms with Crippen LogP contribution in [0.3, 0.4) is 0 Å². The molecule has 2 rings (SSSR count). The molecular weight excluding hydrogens is 307 g/mol. The van der Waals surface area contributed by atoms with Crippen LogP contribution in [0.25, 0.3) is 0 Å². The smallest absolute Gasteiger partial charge is 0.254 e. The Hall–Kier alpha value is -1.18. The minimum Gasteiger partial charge on any atom is -0.351 e. The molecular formula is C12H14ClFN2O3S. The number of carbonyl (C=O) groups is 1. The van der Waals surface area contributed by atoms with Crippen molar-refractivity contribution in [3.63, 3.8) is 0 Å². The SMILES string of the molecule is CC1(CNC(=O)c2cc(Cl)cc(S(N)(=O)=O)c2F)CC1.